The highest BCUT2D eigenvalue weighted by Crippen LogP contribution is 2.16. The van der Waals surface area contributed by atoms with E-state index in [1.54, 1.807) is 0 Å². The average molecular weight is 166 g/mol. The van der Waals surface area contributed by atoms with Gasteiger partial charge in [-0.15, -0.1) is 12.6 Å². The van der Waals surface area contributed by atoms with Crippen LogP contribution in [0, 0.1) is 5.92 Å². The zero-order valence-electron chi connectivity index (χ0n) is 6.32. The van der Waals surface area contributed by atoms with Gasteiger partial charge in [0.1, 0.15) is 6.29 Å². The fourth-order valence-electron chi connectivity index (χ4n) is 0.829. The van der Waals surface area contributed by atoms with Crippen LogP contribution in [0.3, 0.4) is 0 Å². The third kappa shape index (κ3) is 2.09. The van der Waals surface area contributed by atoms with E-state index in [-0.39, 0.29) is 5.92 Å². The Morgan fingerprint density at radius 2 is 2.09 bits per heavy atom. The molecular weight excluding hydrogens is 156 g/mol. The highest BCUT2D eigenvalue weighted by Gasteiger charge is 2.01. The van der Waals surface area contributed by atoms with E-state index < -0.39 is 0 Å². The van der Waals surface area contributed by atoms with Gasteiger partial charge in [-0.1, -0.05) is 24.3 Å². The normalized spacial score (nSPS) is 23.6. The first kappa shape index (κ1) is 8.34. The van der Waals surface area contributed by atoms with Crippen molar-refractivity contribution in [2.75, 3.05) is 0 Å². The molecule has 0 N–H and O–H groups in total. The number of carbonyl (C=O) groups excluding carboxylic acids is 1. The highest BCUT2D eigenvalue weighted by molar-refractivity contribution is 7.84. The third-order valence-electron chi connectivity index (χ3n) is 1.61. The maximum Gasteiger partial charge on any atom is 0.130 e. The molecule has 0 aromatic heterocycles. The lowest BCUT2D eigenvalue weighted by Crippen LogP contribution is -1.90. The second-order valence-corrected chi connectivity index (χ2v) is 2.98. The van der Waals surface area contributed by atoms with Crippen LogP contribution in [0.5, 0.6) is 0 Å². The Bertz CT molecular complexity index is 226. The summed E-state index contributed by atoms with van der Waals surface area (Å²) in [5.74, 6) is -0.0883. The summed E-state index contributed by atoms with van der Waals surface area (Å²) in [6.07, 6.45) is 8.38. The van der Waals surface area contributed by atoms with Crippen LogP contribution in [0.15, 0.2) is 34.8 Å². The maximum atomic E-state index is 10.4. The lowest BCUT2D eigenvalue weighted by atomic mass is 10.1. The molecule has 1 nitrogen and oxygen atoms in total. The Hall–Kier alpha value is -0.760. The lowest BCUT2D eigenvalue weighted by Gasteiger charge is -1.91. The summed E-state index contributed by atoms with van der Waals surface area (Å²) in [5.41, 5.74) is 1.09. The first-order valence-corrected chi connectivity index (χ1v) is 3.90. The molecule has 58 valence electrons. The molecule has 1 atom stereocenters. The molecule has 0 saturated carbocycles. The minimum atomic E-state index is -0.0883. The number of thiol groups is 1. The van der Waals surface area contributed by atoms with Gasteiger partial charge in [0.15, 0.2) is 0 Å². The van der Waals surface area contributed by atoms with Crippen molar-refractivity contribution in [2.24, 2.45) is 5.92 Å². The van der Waals surface area contributed by atoms with Crippen LogP contribution in [-0.2, 0) is 4.79 Å². The summed E-state index contributed by atoms with van der Waals surface area (Å²) in [7, 11) is 0. The fourth-order valence-corrected chi connectivity index (χ4v) is 0.990. The second kappa shape index (κ2) is 3.58. The van der Waals surface area contributed by atoms with E-state index in [1.807, 2.05) is 31.2 Å². The summed E-state index contributed by atoms with van der Waals surface area (Å²) >= 11 is 4.23. The minimum absolute atomic E-state index is 0.0883. The van der Waals surface area contributed by atoms with Gasteiger partial charge in [-0.2, -0.15) is 0 Å². The van der Waals surface area contributed by atoms with Gasteiger partial charge in [0.25, 0.3) is 0 Å². The quantitative estimate of drug-likeness (QED) is 0.466. The van der Waals surface area contributed by atoms with Gasteiger partial charge in [-0.25, -0.2) is 0 Å². The molecule has 0 saturated heterocycles. The topological polar surface area (TPSA) is 17.1 Å². The van der Waals surface area contributed by atoms with E-state index in [9.17, 15) is 4.79 Å². The smallest absolute Gasteiger partial charge is 0.130 e. The van der Waals surface area contributed by atoms with Crippen molar-refractivity contribution in [3.8, 4) is 0 Å². The van der Waals surface area contributed by atoms with Crippen molar-refractivity contribution < 1.29 is 4.79 Å². The predicted molar refractivity (Wildman–Crippen MR) is 49.5 cm³/mol. The van der Waals surface area contributed by atoms with Gasteiger partial charge in [-0.3, -0.25) is 0 Å². The van der Waals surface area contributed by atoms with Gasteiger partial charge in [-0.05, 0) is 12.5 Å². The van der Waals surface area contributed by atoms with Crippen molar-refractivity contribution in [1.82, 2.24) is 0 Å². The van der Waals surface area contributed by atoms with E-state index >= 15 is 0 Å². The Morgan fingerprint density at radius 1 is 1.45 bits per heavy atom. The van der Waals surface area contributed by atoms with Crippen molar-refractivity contribution in [2.45, 2.75) is 6.92 Å². The second-order valence-electron chi connectivity index (χ2n) is 2.50. The maximum absolute atomic E-state index is 10.4. The number of hydrogen-bond donors (Lipinski definition) is 1. The van der Waals surface area contributed by atoms with Gasteiger partial charge in [0.2, 0.25) is 0 Å². The molecule has 0 bridgehead atoms. The molecule has 1 rings (SSSR count). The molecule has 0 spiro atoms. The Balaban J connectivity index is 2.90. The molecule has 0 aromatic rings. The first-order valence-electron chi connectivity index (χ1n) is 3.45. The van der Waals surface area contributed by atoms with E-state index in [0.29, 0.717) is 0 Å². The number of carbonyl (C=O) groups is 1. The minimum Gasteiger partial charge on any atom is -0.302 e. The zero-order chi connectivity index (χ0) is 8.27. The molecule has 0 amide bonds. The zero-order valence-corrected chi connectivity index (χ0v) is 7.21. The monoisotopic (exact) mass is 166 g/mol. The van der Waals surface area contributed by atoms with Crippen molar-refractivity contribution >= 4 is 18.9 Å². The number of hydrogen-bond acceptors (Lipinski definition) is 2. The van der Waals surface area contributed by atoms with Crippen LogP contribution in [0.1, 0.15) is 6.92 Å². The first-order chi connectivity index (χ1) is 5.24. The summed E-state index contributed by atoms with van der Waals surface area (Å²) in [5, 5.41) is 0. The van der Waals surface area contributed by atoms with E-state index in [1.165, 1.54) is 0 Å². The molecule has 1 aliphatic rings. The summed E-state index contributed by atoms with van der Waals surface area (Å²) in [4.78, 5) is 11.3. The van der Waals surface area contributed by atoms with Gasteiger partial charge in [0.05, 0.1) is 5.92 Å². The number of aldehydes is 1. The molecule has 0 aromatic carbocycles. The van der Waals surface area contributed by atoms with Crippen LogP contribution in [-0.4, -0.2) is 6.29 Å². The van der Waals surface area contributed by atoms with Crippen molar-refractivity contribution in [3.63, 3.8) is 0 Å². The van der Waals surface area contributed by atoms with Crippen molar-refractivity contribution in [3.05, 3.63) is 34.8 Å². The van der Waals surface area contributed by atoms with Crippen LogP contribution in [0.25, 0.3) is 0 Å². The van der Waals surface area contributed by atoms with E-state index in [0.717, 1.165) is 16.8 Å². The van der Waals surface area contributed by atoms with Crippen LogP contribution < -0.4 is 0 Å². The van der Waals surface area contributed by atoms with Gasteiger partial charge >= 0.3 is 0 Å². The predicted octanol–water partition coefficient (Wildman–Crippen LogP) is 2.13. The average Bonchev–Trinajstić information content (AvgIpc) is 2.16. The summed E-state index contributed by atoms with van der Waals surface area (Å²) in [6, 6.07) is 0. The number of allylic oxidation sites excluding steroid dienone is 5. The summed E-state index contributed by atoms with van der Waals surface area (Å²) in [6.45, 7) is 1.97. The molecule has 0 aliphatic heterocycles. The highest BCUT2D eigenvalue weighted by atomic mass is 32.1. The molecule has 11 heavy (non-hydrogen) atoms. The molecule has 0 fully saturated rings. The lowest BCUT2D eigenvalue weighted by molar-refractivity contribution is -0.108. The van der Waals surface area contributed by atoms with Crippen LogP contribution in [0.2, 0.25) is 0 Å². The SMILES string of the molecule is CC1=C(S)C=CC(C=O)C=C1. The molecular formula is C9H10OS. The molecule has 0 radical (unpaired) electrons. The Kier molecular flexibility index (Phi) is 2.71. The van der Waals surface area contributed by atoms with E-state index in [2.05, 4.69) is 12.6 Å². The molecule has 1 aliphatic carbocycles. The van der Waals surface area contributed by atoms with Crippen LogP contribution >= 0.6 is 12.6 Å². The fraction of sp³-hybridized carbons (Fsp3) is 0.222. The van der Waals surface area contributed by atoms with Crippen LogP contribution in [0.4, 0.5) is 0 Å². The van der Waals surface area contributed by atoms with E-state index in [4.69, 9.17) is 0 Å². The van der Waals surface area contributed by atoms with Crippen molar-refractivity contribution in [1.29, 1.82) is 0 Å². The Labute approximate surface area is 71.9 Å². The molecule has 1 unspecified atom stereocenters. The Morgan fingerprint density at radius 3 is 2.73 bits per heavy atom. The van der Waals surface area contributed by atoms with Gasteiger partial charge in [0, 0.05) is 4.91 Å². The summed E-state index contributed by atoms with van der Waals surface area (Å²) < 4.78 is 0. The standard InChI is InChI=1S/C9H10OS/c1-7-2-3-8(6-10)4-5-9(7)11/h2-6,8,11H,1H3. The van der Waals surface area contributed by atoms with Gasteiger partial charge < -0.3 is 4.79 Å². The number of rotatable bonds is 1. The molecule has 2 heteroatoms. The largest absolute Gasteiger partial charge is 0.302 e. The third-order valence-corrected chi connectivity index (χ3v) is 2.11. The molecule has 0 heterocycles.